The Morgan fingerprint density at radius 2 is 1.88 bits per heavy atom. The van der Waals surface area contributed by atoms with E-state index in [1.165, 1.54) is 0 Å². The van der Waals surface area contributed by atoms with Gasteiger partial charge in [0.25, 0.3) is 0 Å². The maximum Gasteiger partial charge on any atom is 0.328 e. The van der Waals surface area contributed by atoms with Crippen LogP contribution < -0.4 is 0 Å². The topological polar surface area (TPSA) is 83.8 Å². The van der Waals surface area contributed by atoms with Gasteiger partial charge in [0.1, 0.15) is 0 Å². The molecule has 0 spiro atoms. The lowest BCUT2D eigenvalue weighted by atomic mass is 9.97. The molecule has 0 amide bonds. The van der Waals surface area contributed by atoms with Gasteiger partial charge >= 0.3 is 13.6 Å². The molecule has 2 unspecified atom stereocenters. The molecule has 0 aromatic carbocycles. The third kappa shape index (κ3) is 6.20. The van der Waals surface area contributed by atoms with Crippen LogP contribution in [0.4, 0.5) is 0 Å². The molecule has 0 aromatic heterocycles. The number of hydrogen-bond donors (Lipinski definition) is 2. The zero-order valence-corrected chi connectivity index (χ0v) is 11.7. The van der Waals surface area contributed by atoms with E-state index in [4.69, 9.17) is 14.5 Å². The molecule has 0 fully saturated rings. The molecule has 0 bridgehead atoms. The van der Waals surface area contributed by atoms with E-state index in [0.29, 0.717) is 19.4 Å². The Morgan fingerprint density at radius 1 is 1.29 bits per heavy atom. The van der Waals surface area contributed by atoms with Crippen LogP contribution in [0.2, 0.25) is 0 Å². The van der Waals surface area contributed by atoms with Gasteiger partial charge in [-0.05, 0) is 26.2 Å². The first-order valence-corrected chi connectivity index (χ1v) is 7.76. The number of rotatable bonds is 8. The Morgan fingerprint density at radius 3 is 2.24 bits per heavy atom. The van der Waals surface area contributed by atoms with Crippen LogP contribution >= 0.6 is 7.60 Å². The van der Waals surface area contributed by atoms with Crippen LogP contribution in [0, 0.1) is 5.92 Å². The van der Waals surface area contributed by atoms with Gasteiger partial charge in [0.05, 0.1) is 18.2 Å². The molecule has 6 heteroatoms. The van der Waals surface area contributed by atoms with Gasteiger partial charge in [-0.2, -0.15) is 0 Å². The summed E-state index contributed by atoms with van der Waals surface area (Å²) in [6.45, 7) is 5.68. The number of carbonyl (C=O) groups is 1. The summed E-state index contributed by atoms with van der Waals surface area (Å²) in [6, 6.07) is 0. The van der Waals surface area contributed by atoms with E-state index in [1.807, 2.05) is 6.92 Å². The molecule has 0 heterocycles. The Bertz CT molecular complexity index is 273. The van der Waals surface area contributed by atoms with Crippen LogP contribution in [0.5, 0.6) is 0 Å². The summed E-state index contributed by atoms with van der Waals surface area (Å²) in [5, 5.41) is 0. The van der Waals surface area contributed by atoms with Crippen molar-refractivity contribution in [3.05, 3.63) is 0 Å². The van der Waals surface area contributed by atoms with E-state index in [0.717, 1.165) is 6.42 Å². The third-order valence-electron chi connectivity index (χ3n) is 2.76. The number of carbonyl (C=O) groups excluding carboxylic acids is 1. The lowest BCUT2D eigenvalue weighted by Gasteiger charge is -2.21. The molecule has 0 rings (SSSR count). The maximum absolute atomic E-state index is 11.6. The first-order valence-electron chi connectivity index (χ1n) is 6.08. The quantitative estimate of drug-likeness (QED) is 0.520. The number of esters is 1. The smallest absolute Gasteiger partial charge is 0.328 e. The lowest BCUT2D eigenvalue weighted by molar-refractivity contribution is -0.148. The second kappa shape index (κ2) is 7.85. The monoisotopic (exact) mass is 266 g/mol. The van der Waals surface area contributed by atoms with Crippen molar-refractivity contribution in [2.45, 2.75) is 52.1 Å². The van der Waals surface area contributed by atoms with Crippen molar-refractivity contribution < 1.29 is 23.9 Å². The lowest BCUT2D eigenvalue weighted by Crippen LogP contribution is -2.23. The minimum Gasteiger partial charge on any atom is -0.466 e. The maximum atomic E-state index is 11.6. The first-order chi connectivity index (χ1) is 7.86. The third-order valence-corrected chi connectivity index (χ3v) is 4.29. The van der Waals surface area contributed by atoms with E-state index in [-0.39, 0.29) is 12.4 Å². The van der Waals surface area contributed by atoms with Gasteiger partial charge in [-0.1, -0.05) is 20.3 Å². The molecule has 102 valence electrons. The molecule has 0 saturated carbocycles. The summed E-state index contributed by atoms with van der Waals surface area (Å²) in [5.41, 5.74) is -0.747. The van der Waals surface area contributed by atoms with E-state index < -0.39 is 19.2 Å². The fourth-order valence-corrected chi connectivity index (χ4v) is 2.82. The standard InChI is InChI=1S/C11H23O5P/c1-4-7-9(11(12)16-6-3)8-10(5-2)17(13,14)15/h9-10H,4-8H2,1-3H3,(H2,13,14,15). The molecule has 0 aliphatic carbocycles. The van der Waals surface area contributed by atoms with Crippen LogP contribution in [0.1, 0.15) is 46.5 Å². The second-order valence-electron chi connectivity index (χ2n) is 4.12. The van der Waals surface area contributed by atoms with Crippen LogP contribution in [-0.4, -0.2) is 28.0 Å². The van der Waals surface area contributed by atoms with Crippen molar-refractivity contribution >= 4 is 13.6 Å². The second-order valence-corrected chi connectivity index (χ2v) is 6.03. The molecular weight excluding hydrogens is 243 g/mol. The molecule has 17 heavy (non-hydrogen) atoms. The normalized spacial score (nSPS) is 15.4. The molecule has 0 saturated heterocycles. The van der Waals surface area contributed by atoms with Crippen LogP contribution in [-0.2, 0) is 14.1 Å². The minimum atomic E-state index is -4.12. The highest BCUT2D eigenvalue weighted by Crippen LogP contribution is 2.46. The van der Waals surface area contributed by atoms with Gasteiger partial charge in [-0.25, -0.2) is 0 Å². The summed E-state index contributed by atoms with van der Waals surface area (Å²) in [4.78, 5) is 30.0. The molecule has 0 aliphatic heterocycles. The summed E-state index contributed by atoms with van der Waals surface area (Å²) in [6.07, 6.45) is 1.97. The Balaban J connectivity index is 4.61. The van der Waals surface area contributed by atoms with Crippen molar-refractivity contribution in [1.82, 2.24) is 0 Å². The zero-order chi connectivity index (χ0) is 13.5. The van der Waals surface area contributed by atoms with Gasteiger partial charge in [0, 0.05) is 0 Å². The van der Waals surface area contributed by atoms with Crippen LogP contribution in [0.25, 0.3) is 0 Å². The highest BCUT2D eigenvalue weighted by atomic mass is 31.2. The van der Waals surface area contributed by atoms with E-state index >= 15 is 0 Å². The Labute approximate surface area is 103 Å². The van der Waals surface area contributed by atoms with Crippen LogP contribution in [0.15, 0.2) is 0 Å². The van der Waals surface area contributed by atoms with Crippen molar-refractivity contribution in [3.8, 4) is 0 Å². The number of hydrogen-bond acceptors (Lipinski definition) is 3. The van der Waals surface area contributed by atoms with Crippen molar-refractivity contribution in [2.75, 3.05) is 6.61 Å². The predicted octanol–water partition coefficient (Wildman–Crippen LogP) is 2.31. The minimum absolute atomic E-state index is 0.202. The van der Waals surface area contributed by atoms with E-state index in [2.05, 4.69) is 0 Å². The van der Waals surface area contributed by atoms with Crippen molar-refractivity contribution in [2.24, 2.45) is 5.92 Å². The fraction of sp³-hybridized carbons (Fsp3) is 0.909. The first kappa shape index (κ1) is 16.6. The van der Waals surface area contributed by atoms with Gasteiger partial charge < -0.3 is 14.5 Å². The highest BCUT2D eigenvalue weighted by Gasteiger charge is 2.32. The molecular formula is C11H23O5P. The van der Waals surface area contributed by atoms with Gasteiger partial charge in [-0.15, -0.1) is 0 Å². The summed E-state index contributed by atoms with van der Waals surface area (Å²) in [7, 11) is -4.12. The molecule has 0 radical (unpaired) electrons. The SMILES string of the molecule is CCCC(CC(CC)P(=O)(O)O)C(=O)OCC. The summed E-state index contributed by atoms with van der Waals surface area (Å²) >= 11 is 0. The summed E-state index contributed by atoms with van der Waals surface area (Å²) in [5.74, 6) is -0.751. The van der Waals surface area contributed by atoms with Gasteiger partial charge in [0.15, 0.2) is 0 Å². The molecule has 0 aromatic rings. The highest BCUT2D eigenvalue weighted by molar-refractivity contribution is 7.52. The van der Waals surface area contributed by atoms with E-state index in [9.17, 15) is 9.36 Å². The fourth-order valence-electron chi connectivity index (χ4n) is 1.81. The van der Waals surface area contributed by atoms with Crippen molar-refractivity contribution in [3.63, 3.8) is 0 Å². The molecule has 2 N–H and O–H groups in total. The predicted molar refractivity (Wildman–Crippen MR) is 65.8 cm³/mol. The van der Waals surface area contributed by atoms with Crippen LogP contribution in [0.3, 0.4) is 0 Å². The Kier molecular flexibility index (Phi) is 7.68. The number of ether oxygens (including phenoxy) is 1. The van der Waals surface area contributed by atoms with Crippen molar-refractivity contribution in [1.29, 1.82) is 0 Å². The largest absolute Gasteiger partial charge is 0.466 e. The molecule has 0 aliphatic rings. The zero-order valence-electron chi connectivity index (χ0n) is 10.8. The van der Waals surface area contributed by atoms with Gasteiger partial charge in [0.2, 0.25) is 0 Å². The van der Waals surface area contributed by atoms with Gasteiger partial charge in [-0.3, -0.25) is 9.36 Å². The summed E-state index contributed by atoms with van der Waals surface area (Å²) < 4.78 is 16.1. The average molecular weight is 266 g/mol. The van der Waals surface area contributed by atoms with E-state index in [1.54, 1.807) is 13.8 Å². The molecule has 2 atom stereocenters. The average Bonchev–Trinajstić information content (AvgIpc) is 2.22. The Hall–Kier alpha value is -0.380. The molecule has 5 nitrogen and oxygen atoms in total.